The number of nitrogens with zero attached hydrogens (tertiary/aromatic N) is 3. The van der Waals surface area contributed by atoms with Crippen molar-refractivity contribution in [2.75, 3.05) is 4.90 Å². The Balaban J connectivity index is 1.96. The Morgan fingerprint density at radius 3 is 2.71 bits per heavy atom. The highest BCUT2D eigenvalue weighted by Crippen LogP contribution is 2.50. The number of anilines is 1. The predicted molar refractivity (Wildman–Crippen MR) is 95.0 cm³/mol. The molecule has 1 saturated heterocycles. The van der Waals surface area contributed by atoms with Crippen LogP contribution in [-0.4, -0.2) is 15.5 Å². The Bertz CT molecular complexity index is 1030. The average molecular weight is 317 g/mol. The lowest BCUT2D eigenvalue weighted by Gasteiger charge is -2.42. The van der Waals surface area contributed by atoms with Gasteiger partial charge >= 0.3 is 0 Å². The largest absolute Gasteiger partial charge is 0.300 e. The minimum absolute atomic E-state index is 0.196. The second kappa shape index (κ2) is 4.26. The summed E-state index contributed by atoms with van der Waals surface area (Å²) in [6.45, 7) is 6.41. The minimum Gasteiger partial charge on any atom is -0.300 e. The van der Waals surface area contributed by atoms with E-state index in [0.29, 0.717) is 6.42 Å². The zero-order valence-electron chi connectivity index (χ0n) is 14.1. The molecule has 3 heterocycles. The number of fused-ring (bicyclic) bond motifs is 8. The molecule has 0 N–H and O–H groups in total. The molecular formula is C20H19N3O. The van der Waals surface area contributed by atoms with Crippen LogP contribution < -0.4 is 4.90 Å². The van der Waals surface area contributed by atoms with Crippen molar-refractivity contribution in [3.05, 3.63) is 47.5 Å². The van der Waals surface area contributed by atoms with Gasteiger partial charge in [0.1, 0.15) is 11.5 Å². The minimum atomic E-state index is -0.378. The fourth-order valence-corrected chi connectivity index (χ4v) is 4.30. The Morgan fingerprint density at radius 2 is 1.88 bits per heavy atom. The van der Waals surface area contributed by atoms with E-state index in [9.17, 15) is 4.79 Å². The second-order valence-corrected chi connectivity index (χ2v) is 7.16. The van der Waals surface area contributed by atoms with Gasteiger partial charge in [0.05, 0.1) is 16.7 Å². The van der Waals surface area contributed by atoms with Gasteiger partial charge in [-0.25, -0.2) is 4.98 Å². The number of carbonyl (C=O) groups excluding carboxylic acids is 1. The normalized spacial score (nSPS) is 21.8. The van der Waals surface area contributed by atoms with Crippen molar-refractivity contribution < 1.29 is 4.79 Å². The number of amides is 1. The van der Waals surface area contributed by atoms with Gasteiger partial charge in [-0.05, 0) is 62.6 Å². The van der Waals surface area contributed by atoms with Crippen molar-refractivity contribution >= 4 is 22.6 Å². The summed E-state index contributed by atoms with van der Waals surface area (Å²) in [6, 6.07) is 12.5. The van der Waals surface area contributed by atoms with Crippen LogP contribution in [0.1, 0.15) is 30.9 Å². The molecule has 5 rings (SSSR count). The molecule has 24 heavy (non-hydrogen) atoms. The number of imidazole rings is 1. The molecule has 0 bridgehead atoms. The van der Waals surface area contributed by atoms with Gasteiger partial charge < -0.3 is 0 Å². The molecule has 0 spiro atoms. The average Bonchev–Trinajstić information content (AvgIpc) is 3.07. The molecule has 2 aliphatic rings. The molecule has 0 radical (unpaired) electrons. The predicted octanol–water partition coefficient (Wildman–Crippen LogP) is 4.13. The van der Waals surface area contributed by atoms with Gasteiger partial charge in [-0.15, -0.1) is 0 Å². The van der Waals surface area contributed by atoms with Crippen LogP contribution in [0.25, 0.3) is 22.4 Å². The third kappa shape index (κ3) is 1.49. The summed E-state index contributed by atoms with van der Waals surface area (Å²) in [4.78, 5) is 19.6. The van der Waals surface area contributed by atoms with Crippen LogP contribution in [0.5, 0.6) is 0 Å². The van der Waals surface area contributed by atoms with Gasteiger partial charge in [0.2, 0.25) is 5.91 Å². The van der Waals surface area contributed by atoms with Crippen LogP contribution >= 0.6 is 0 Å². The van der Waals surface area contributed by atoms with Gasteiger partial charge in [-0.3, -0.25) is 14.3 Å². The first-order valence-electron chi connectivity index (χ1n) is 8.43. The van der Waals surface area contributed by atoms with Crippen LogP contribution in [0.4, 0.5) is 5.69 Å². The maximum atomic E-state index is 12.7. The van der Waals surface area contributed by atoms with Crippen molar-refractivity contribution in [3.8, 4) is 11.4 Å². The van der Waals surface area contributed by atoms with E-state index in [-0.39, 0.29) is 11.6 Å². The number of aryl methyl sites for hydroxylation is 2. The highest BCUT2D eigenvalue weighted by molar-refractivity contribution is 6.03. The molecule has 2 aliphatic heterocycles. The lowest BCUT2D eigenvalue weighted by molar-refractivity contribution is -0.117. The van der Waals surface area contributed by atoms with Gasteiger partial charge in [0.15, 0.2) is 0 Å². The summed E-state index contributed by atoms with van der Waals surface area (Å²) >= 11 is 0. The molecule has 1 aromatic heterocycles. The lowest BCUT2D eigenvalue weighted by Crippen LogP contribution is -2.48. The van der Waals surface area contributed by atoms with E-state index < -0.39 is 0 Å². The molecule has 4 heteroatoms. The zero-order valence-corrected chi connectivity index (χ0v) is 14.1. The van der Waals surface area contributed by atoms with Gasteiger partial charge in [-0.1, -0.05) is 12.1 Å². The van der Waals surface area contributed by atoms with Crippen molar-refractivity contribution in [3.63, 3.8) is 0 Å². The monoisotopic (exact) mass is 317 g/mol. The number of hydrogen-bond acceptors (Lipinski definition) is 2. The molecule has 1 atom stereocenters. The molecule has 1 unspecified atom stereocenters. The topological polar surface area (TPSA) is 38.1 Å². The SMILES string of the molecule is Cc1cc2nc3n(c2cc1C)C1(C)CCC(=O)N1c1ccccc1-3. The number of hydrogen-bond donors (Lipinski definition) is 0. The quantitative estimate of drug-likeness (QED) is 0.625. The third-order valence-electron chi connectivity index (χ3n) is 5.68. The van der Waals surface area contributed by atoms with Gasteiger partial charge in [-0.2, -0.15) is 0 Å². The number of benzene rings is 2. The molecular weight excluding hydrogens is 298 g/mol. The third-order valence-corrected chi connectivity index (χ3v) is 5.68. The van der Waals surface area contributed by atoms with Crippen LogP contribution in [0.15, 0.2) is 36.4 Å². The van der Waals surface area contributed by atoms with Crippen molar-refractivity contribution in [2.45, 2.75) is 39.3 Å². The summed E-state index contributed by atoms with van der Waals surface area (Å²) in [7, 11) is 0. The Labute approximate surface area is 140 Å². The highest BCUT2D eigenvalue weighted by atomic mass is 16.2. The molecule has 1 fully saturated rings. The first kappa shape index (κ1) is 13.8. The van der Waals surface area contributed by atoms with Crippen molar-refractivity contribution in [1.82, 2.24) is 9.55 Å². The molecule has 2 aromatic carbocycles. The van der Waals surface area contributed by atoms with Gasteiger partial charge in [0.25, 0.3) is 0 Å². The number of aromatic nitrogens is 2. The Morgan fingerprint density at radius 1 is 1.12 bits per heavy atom. The maximum Gasteiger partial charge on any atom is 0.229 e. The standard InChI is InChI=1S/C20H19N3O/c1-12-10-15-17(11-13(12)2)23-19(21-15)14-6-4-5-7-16(14)22-18(24)8-9-20(22,23)3/h4-7,10-11H,8-9H2,1-3H3. The van der Waals surface area contributed by atoms with E-state index in [2.05, 4.69) is 43.5 Å². The summed E-state index contributed by atoms with van der Waals surface area (Å²) in [5, 5.41) is 0. The van der Waals surface area contributed by atoms with Crippen molar-refractivity contribution in [1.29, 1.82) is 0 Å². The van der Waals surface area contributed by atoms with E-state index in [1.807, 2.05) is 23.1 Å². The Kier molecular flexibility index (Phi) is 2.45. The smallest absolute Gasteiger partial charge is 0.229 e. The van der Waals surface area contributed by atoms with Gasteiger partial charge in [0, 0.05) is 12.0 Å². The lowest BCUT2D eigenvalue weighted by atomic mass is 10.0. The van der Waals surface area contributed by atoms with E-state index >= 15 is 0 Å². The molecule has 1 amide bonds. The Hall–Kier alpha value is -2.62. The van der Waals surface area contributed by atoms with E-state index in [1.54, 1.807) is 0 Å². The number of rotatable bonds is 0. The van der Waals surface area contributed by atoms with E-state index in [4.69, 9.17) is 4.98 Å². The van der Waals surface area contributed by atoms with Crippen LogP contribution in [0.2, 0.25) is 0 Å². The summed E-state index contributed by atoms with van der Waals surface area (Å²) in [5.41, 5.74) is 6.27. The summed E-state index contributed by atoms with van der Waals surface area (Å²) < 4.78 is 2.28. The maximum absolute atomic E-state index is 12.7. The number of carbonyl (C=O) groups is 1. The van der Waals surface area contributed by atoms with Crippen molar-refractivity contribution in [2.24, 2.45) is 0 Å². The van der Waals surface area contributed by atoms with Crippen LogP contribution in [0.3, 0.4) is 0 Å². The fourth-order valence-electron chi connectivity index (χ4n) is 4.30. The van der Waals surface area contributed by atoms with Crippen LogP contribution in [0, 0.1) is 13.8 Å². The molecule has 3 aromatic rings. The summed E-state index contributed by atoms with van der Waals surface area (Å²) in [6.07, 6.45) is 1.39. The molecule has 0 aliphatic carbocycles. The first-order chi connectivity index (χ1) is 11.5. The van der Waals surface area contributed by atoms with E-state index in [1.165, 1.54) is 11.1 Å². The molecule has 120 valence electrons. The zero-order chi connectivity index (χ0) is 16.6. The molecule has 0 saturated carbocycles. The summed E-state index contributed by atoms with van der Waals surface area (Å²) in [5.74, 6) is 1.17. The highest BCUT2D eigenvalue weighted by Gasteiger charge is 2.49. The fraction of sp³-hybridized carbons (Fsp3) is 0.300. The number of para-hydroxylation sites is 1. The van der Waals surface area contributed by atoms with Crippen LogP contribution in [-0.2, 0) is 10.5 Å². The van der Waals surface area contributed by atoms with E-state index in [0.717, 1.165) is 34.5 Å². The first-order valence-corrected chi connectivity index (χ1v) is 8.43. The molecule has 4 nitrogen and oxygen atoms in total. The second-order valence-electron chi connectivity index (χ2n) is 7.16.